The first kappa shape index (κ1) is 39.5. The molecule has 0 radical (unpaired) electrons. The van der Waals surface area contributed by atoms with Crippen LogP contribution in [0.25, 0.3) is 77.8 Å². The molecule has 0 aliphatic heterocycles. The van der Waals surface area contributed by atoms with E-state index in [1.807, 2.05) is 0 Å². The topological polar surface area (TPSA) is 29.0 Å². The van der Waals surface area contributed by atoms with Crippen LogP contribution >= 0.6 is 0 Å². The van der Waals surface area contributed by atoms with Crippen LogP contribution in [-0.4, -0.2) is 9.97 Å². The molecule has 3 aliphatic rings. The second kappa shape index (κ2) is 14.9. The van der Waals surface area contributed by atoms with Gasteiger partial charge in [0.05, 0.1) is 22.3 Å². The van der Waals surface area contributed by atoms with Gasteiger partial charge in [0.25, 0.3) is 0 Å². The monoisotopic (exact) mass is 879 g/mol. The summed E-state index contributed by atoms with van der Waals surface area (Å²) in [5.74, 6) is 0.603. The van der Waals surface area contributed by atoms with Gasteiger partial charge in [-0.3, -0.25) is 4.90 Å². The van der Waals surface area contributed by atoms with Crippen molar-refractivity contribution in [1.29, 1.82) is 0 Å². The van der Waals surface area contributed by atoms with E-state index in [1.165, 1.54) is 66.8 Å². The molecule has 0 bridgehead atoms. The van der Waals surface area contributed by atoms with Gasteiger partial charge in [-0.2, -0.15) is 0 Å². The summed E-state index contributed by atoms with van der Waals surface area (Å²) in [5.41, 5.74) is 24.1. The van der Waals surface area contributed by atoms with E-state index in [4.69, 9.17) is 9.97 Å². The molecule has 3 heteroatoms. The standard InChI is InChI=1S/C66H45N3/c1-65(2)53-32-14-12-28-50(53)62-52(31-19-36-57(62)65)63-51-29-13-18-37-59(51)67-64(68-63)69(60-38-20-30-45(42-21-5-3-6-22-42)61(60)43-23-7-4-8-24-43)44-39-40-49-48-27-11-17-35-56(48)66(58(49)41-44)54-33-15-9-25-46(54)47-26-10-16-34-55(47)66/h3-41H,1-2H3. The second-order valence-electron chi connectivity index (χ2n) is 19.2. The Bertz CT molecular complexity index is 3820. The Morgan fingerprint density at radius 2 is 0.855 bits per heavy atom. The average Bonchev–Trinajstić information content (AvgIpc) is 3.97. The summed E-state index contributed by atoms with van der Waals surface area (Å²) < 4.78 is 0. The number of benzene rings is 10. The van der Waals surface area contributed by atoms with Crippen LogP contribution in [0.2, 0.25) is 0 Å². The normalized spacial score (nSPS) is 13.9. The lowest BCUT2D eigenvalue weighted by Crippen LogP contribution is -2.26. The van der Waals surface area contributed by atoms with Crippen LogP contribution in [0.5, 0.6) is 0 Å². The van der Waals surface area contributed by atoms with Gasteiger partial charge in [0.15, 0.2) is 0 Å². The zero-order valence-corrected chi connectivity index (χ0v) is 38.4. The molecule has 324 valence electrons. The Morgan fingerprint density at radius 3 is 1.54 bits per heavy atom. The van der Waals surface area contributed by atoms with Crippen molar-refractivity contribution in [3.05, 3.63) is 270 Å². The zero-order valence-electron chi connectivity index (χ0n) is 38.4. The molecule has 1 aromatic heterocycles. The average molecular weight is 880 g/mol. The summed E-state index contributed by atoms with van der Waals surface area (Å²) >= 11 is 0. The second-order valence-corrected chi connectivity index (χ2v) is 19.2. The first-order valence-corrected chi connectivity index (χ1v) is 24.0. The Hall–Kier alpha value is -8.66. The van der Waals surface area contributed by atoms with E-state index in [2.05, 4.69) is 255 Å². The molecule has 14 rings (SSSR count). The number of fused-ring (bicyclic) bond motifs is 14. The van der Waals surface area contributed by atoms with Crippen molar-refractivity contribution in [2.24, 2.45) is 0 Å². The smallest absolute Gasteiger partial charge is 0.235 e. The van der Waals surface area contributed by atoms with Gasteiger partial charge in [0.1, 0.15) is 0 Å². The summed E-state index contributed by atoms with van der Waals surface area (Å²) in [6.45, 7) is 4.69. The van der Waals surface area contributed by atoms with Crippen LogP contribution in [0.1, 0.15) is 47.2 Å². The van der Waals surface area contributed by atoms with Gasteiger partial charge in [-0.05, 0) is 108 Å². The lowest BCUT2D eigenvalue weighted by atomic mass is 9.70. The number of hydrogen-bond acceptors (Lipinski definition) is 3. The van der Waals surface area contributed by atoms with Crippen molar-refractivity contribution in [1.82, 2.24) is 9.97 Å². The molecule has 11 aromatic rings. The van der Waals surface area contributed by atoms with E-state index < -0.39 is 5.41 Å². The summed E-state index contributed by atoms with van der Waals surface area (Å²) in [6, 6.07) is 86.6. The van der Waals surface area contributed by atoms with Crippen LogP contribution < -0.4 is 4.90 Å². The SMILES string of the molecule is CC1(C)c2ccccc2-c2c(-c3nc(N(c4ccc5c(c4)C4(c6ccccc6-c6ccccc64)c4ccccc4-5)c4cccc(-c5ccccc5)c4-c4ccccc4)nc4ccccc34)cccc21. The van der Waals surface area contributed by atoms with Crippen molar-refractivity contribution in [3.63, 3.8) is 0 Å². The molecule has 1 heterocycles. The van der Waals surface area contributed by atoms with Gasteiger partial charge >= 0.3 is 0 Å². The molecule has 0 fully saturated rings. The van der Waals surface area contributed by atoms with E-state index in [-0.39, 0.29) is 5.41 Å². The number of aromatic nitrogens is 2. The largest absolute Gasteiger partial charge is 0.278 e. The molecular weight excluding hydrogens is 835 g/mol. The summed E-state index contributed by atoms with van der Waals surface area (Å²) in [7, 11) is 0. The Labute approximate surface area is 402 Å². The lowest BCUT2D eigenvalue weighted by molar-refractivity contribution is 0.660. The summed E-state index contributed by atoms with van der Waals surface area (Å²) in [5, 5.41) is 1.01. The molecule has 0 unspecified atom stereocenters. The Kier molecular flexibility index (Phi) is 8.54. The highest BCUT2D eigenvalue weighted by Gasteiger charge is 2.52. The molecule has 0 saturated heterocycles. The molecule has 1 spiro atoms. The molecule has 69 heavy (non-hydrogen) atoms. The molecule has 0 N–H and O–H groups in total. The Balaban J connectivity index is 1.09. The highest BCUT2D eigenvalue weighted by atomic mass is 15.3. The van der Waals surface area contributed by atoms with Gasteiger partial charge < -0.3 is 0 Å². The lowest BCUT2D eigenvalue weighted by Gasteiger charge is -2.32. The van der Waals surface area contributed by atoms with Crippen LogP contribution in [-0.2, 0) is 10.8 Å². The van der Waals surface area contributed by atoms with Gasteiger partial charge in [0.2, 0.25) is 5.95 Å². The number of hydrogen-bond donors (Lipinski definition) is 0. The van der Waals surface area contributed by atoms with Crippen LogP contribution in [0.15, 0.2) is 237 Å². The minimum absolute atomic E-state index is 0.169. The maximum Gasteiger partial charge on any atom is 0.235 e. The molecule has 0 amide bonds. The molecular formula is C66H45N3. The third-order valence-corrected chi connectivity index (χ3v) is 15.3. The zero-order chi connectivity index (χ0) is 45.8. The third-order valence-electron chi connectivity index (χ3n) is 15.3. The maximum atomic E-state index is 5.87. The van der Waals surface area contributed by atoms with E-state index in [0.29, 0.717) is 5.95 Å². The fourth-order valence-electron chi connectivity index (χ4n) is 12.4. The van der Waals surface area contributed by atoms with Crippen molar-refractivity contribution >= 4 is 28.2 Å². The molecule has 3 nitrogen and oxygen atoms in total. The van der Waals surface area contributed by atoms with Gasteiger partial charge in [-0.25, -0.2) is 9.97 Å². The number of rotatable bonds is 6. The maximum absolute atomic E-state index is 5.87. The minimum atomic E-state index is -0.533. The highest BCUT2D eigenvalue weighted by molar-refractivity contribution is 6.03. The number of anilines is 3. The Morgan fingerprint density at radius 1 is 0.348 bits per heavy atom. The summed E-state index contributed by atoms with van der Waals surface area (Å²) in [6.07, 6.45) is 0. The first-order valence-electron chi connectivity index (χ1n) is 24.0. The van der Waals surface area contributed by atoms with E-state index in [9.17, 15) is 0 Å². The quantitative estimate of drug-likeness (QED) is 0.167. The van der Waals surface area contributed by atoms with Gasteiger partial charge in [-0.15, -0.1) is 0 Å². The predicted octanol–water partition coefficient (Wildman–Crippen LogP) is 16.8. The van der Waals surface area contributed by atoms with E-state index in [0.717, 1.165) is 55.8 Å². The van der Waals surface area contributed by atoms with Crippen LogP contribution in [0.3, 0.4) is 0 Å². The highest BCUT2D eigenvalue weighted by Crippen LogP contribution is 2.63. The molecule has 0 saturated carbocycles. The van der Waals surface area contributed by atoms with E-state index in [1.54, 1.807) is 0 Å². The number of para-hydroxylation sites is 1. The minimum Gasteiger partial charge on any atom is -0.278 e. The van der Waals surface area contributed by atoms with Gasteiger partial charge in [0, 0.05) is 27.6 Å². The van der Waals surface area contributed by atoms with E-state index >= 15 is 0 Å². The first-order chi connectivity index (χ1) is 34.0. The van der Waals surface area contributed by atoms with Crippen molar-refractivity contribution in [2.75, 3.05) is 4.90 Å². The summed E-state index contributed by atoms with van der Waals surface area (Å²) in [4.78, 5) is 13.8. The number of nitrogens with zero attached hydrogens (tertiary/aromatic N) is 3. The molecule has 10 aromatic carbocycles. The fraction of sp³-hybridized carbons (Fsp3) is 0.0606. The molecule has 3 aliphatic carbocycles. The fourth-order valence-corrected chi connectivity index (χ4v) is 12.4. The van der Waals surface area contributed by atoms with Crippen molar-refractivity contribution in [2.45, 2.75) is 24.7 Å². The van der Waals surface area contributed by atoms with Crippen LogP contribution in [0, 0.1) is 0 Å². The van der Waals surface area contributed by atoms with Crippen molar-refractivity contribution in [3.8, 4) is 66.9 Å². The van der Waals surface area contributed by atoms with Crippen molar-refractivity contribution < 1.29 is 0 Å². The predicted molar refractivity (Wildman–Crippen MR) is 284 cm³/mol. The van der Waals surface area contributed by atoms with Gasteiger partial charge in [-0.1, -0.05) is 226 Å². The third kappa shape index (κ3) is 5.56. The molecule has 0 atom stereocenters. The van der Waals surface area contributed by atoms with Crippen LogP contribution in [0.4, 0.5) is 17.3 Å².